The van der Waals surface area contributed by atoms with Crippen LogP contribution < -0.4 is 0 Å². The van der Waals surface area contributed by atoms with Gasteiger partial charge in [0.1, 0.15) is 0 Å². The summed E-state index contributed by atoms with van der Waals surface area (Å²) in [5.41, 5.74) is 0.808. The molecule has 0 spiro atoms. The summed E-state index contributed by atoms with van der Waals surface area (Å²) in [5, 5.41) is 8.80. The first-order valence-corrected chi connectivity index (χ1v) is 8.92. The first-order valence-electron chi connectivity index (χ1n) is 8.92. The van der Waals surface area contributed by atoms with E-state index < -0.39 is 30.4 Å². The van der Waals surface area contributed by atoms with Crippen molar-refractivity contribution in [3.05, 3.63) is 71.8 Å². The van der Waals surface area contributed by atoms with Gasteiger partial charge in [-0.25, -0.2) is 0 Å². The van der Waals surface area contributed by atoms with Crippen LogP contribution in [-0.4, -0.2) is 34.6 Å². The van der Waals surface area contributed by atoms with Gasteiger partial charge in [-0.15, -0.1) is 0 Å². The van der Waals surface area contributed by atoms with Crippen molar-refractivity contribution >= 4 is 11.9 Å². The highest BCUT2D eigenvalue weighted by atomic mass is 19.4. The lowest BCUT2D eigenvalue weighted by Crippen LogP contribution is -2.35. The Morgan fingerprint density at radius 3 is 2.07 bits per heavy atom. The van der Waals surface area contributed by atoms with Crippen LogP contribution in [-0.2, 0) is 16.1 Å². The van der Waals surface area contributed by atoms with E-state index in [1.54, 1.807) is 36.4 Å². The molecular weight excluding hydrogens is 371 g/mol. The van der Waals surface area contributed by atoms with E-state index in [4.69, 9.17) is 5.11 Å². The number of nitrogens with zero attached hydrogens (tertiary/aromatic N) is 1. The normalized spacial score (nSPS) is 12.4. The fourth-order valence-corrected chi connectivity index (χ4v) is 2.93. The van der Waals surface area contributed by atoms with Crippen molar-refractivity contribution in [3.8, 4) is 0 Å². The van der Waals surface area contributed by atoms with Gasteiger partial charge in [0.25, 0.3) is 0 Å². The minimum Gasteiger partial charge on any atom is -0.481 e. The average Bonchev–Trinajstić information content (AvgIpc) is 2.65. The molecule has 1 atom stereocenters. The van der Waals surface area contributed by atoms with E-state index in [1.807, 2.05) is 0 Å². The Morgan fingerprint density at radius 2 is 1.54 bits per heavy atom. The van der Waals surface area contributed by atoms with Crippen LogP contribution in [0.5, 0.6) is 0 Å². The molecule has 0 fully saturated rings. The van der Waals surface area contributed by atoms with E-state index in [0.717, 1.165) is 5.56 Å². The van der Waals surface area contributed by atoms with Gasteiger partial charge >= 0.3 is 12.1 Å². The van der Waals surface area contributed by atoms with Crippen molar-refractivity contribution in [1.82, 2.24) is 4.90 Å². The van der Waals surface area contributed by atoms with E-state index >= 15 is 0 Å². The average molecular weight is 393 g/mol. The molecule has 0 saturated carbocycles. The van der Waals surface area contributed by atoms with E-state index in [9.17, 15) is 22.8 Å². The van der Waals surface area contributed by atoms with Gasteiger partial charge in [0.2, 0.25) is 5.91 Å². The first kappa shape index (κ1) is 21.5. The number of hydrogen-bond donors (Lipinski definition) is 1. The zero-order valence-corrected chi connectivity index (χ0v) is 15.2. The van der Waals surface area contributed by atoms with Crippen molar-refractivity contribution in [2.75, 3.05) is 6.54 Å². The monoisotopic (exact) mass is 393 g/mol. The Labute approximate surface area is 161 Å². The van der Waals surface area contributed by atoms with Crippen LogP contribution in [0.25, 0.3) is 0 Å². The van der Waals surface area contributed by atoms with Crippen LogP contribution in [0.1, 0.15) is 36.3 Å². The number of halogens is 3. The molecule has 0 aliphatic rings. The molecule has 7 heteroatoms. The summed E-state index contributed by atoms with van der Waals surface area (Å²) in [4.78, 5) is 24.8. The molecule has 0 aliphatic heterocycles. The highest BCUT2D eigenvalue weighted by molar-refractivity contribution is 5.77. The van der Waals surface area contributed by atoms with Gasteiger partial charge in [-0.05, 0) is 17.5 Å². The number of rotatable bonds is 9. The minimum atomic E-state index is -4.56. The van der Waals surface area contributed by atoms with Crippen LogP contribution >= 0.6 is 0 Å². The largest absolute Gasteiger partial charge is 0.481 e. The fourth-order valence-electron chi connectivity index (χ4n) is 2.93. The highest BCUT2D eigenvalue weighted by Gasteiger charge is 2.42. The molecule has 1 unspecified atom stereocenters. The van der Waals surface area contributed by atoms with Crippen molar-refractivity contribution in [2.45, 2.75) is 37.9 Å². The van der Waals surface area contributed by atoms with Crippen molar-refractivity contribution < 1.29 is 27.9 Å². The Hall–Kier alpha value is -2.83. The molecule has 2 aromatic rings. The number of aliphatic carboxylic acids is 1. The molecule has 150 valence electrons. The molecule has 28 heavy (non-hydrogen) atoms. The number of carboxylic acid groups (broad SMARTS) is 1. The molecule has 4 nitrogen and oxygen atoms in total. The third-order valence-electron chi connectivity index (χ3n) is 4.36. The standard InChI is InChI=1S/C21H22F3NO3/c22-21(23,24)18(17-10-5-2-6-11-17)14-19(26)25(13-7-12-20(27)28)15-16-8-3-1-4-9-16/h1-6,8-11,18H,7,12-15H2,(H,27,28). The molecule has 0 heterocycles. The second kappa shape index (κ2) is 9.92. The molecule has 0 radical (unpaired) electrons. The number of carbonyl (C=O) groups excluding carboxylic acids is 1. The van der Waals surface area contributed by atoms with E-state index in [2.05, 4.69) is 0 Å². The second-order valence-electron chi connectivity index (χ2n) is 6.51. The van der Waals surface area contributed by atoms with Crippen LogP contribution in [0.4, 0.5) is 13.2 Å². The fraction of sp³-hybridized carbons (Fsp3) is 0.333. The Kier molecular flexibility index (Phi) is 7.61. The third-order valence-corrected chi connectivity index (χ3v) is 4.36. The van der Waals surface area contributed by atoms with E-state index in [0.29, 0.717) is 0 Å². The predicted molar refractivity (Wildman–Crippen MR) is 98.6 cm³/mol. The lowest BCUT2D eigenvalue weighted by atomic mass is 9.94. The minimum absolute atomic E-state index is 0.0357. The topological polar surface area (TPSA) is 57.6 Å². The van der Waals surface area contributed by atoms with Crippen LogP contribution in [0, 0.1) is 0 Å². The van der Waals surface area contributed by atoms with Crippen LogP contribution in [0.3, 0.4) is 0 Å². The Balaban J connectivity index is 2.17. The molecule has 0 bridgehead atoms. The van der Waals surface area contributed by atoms with Gasteiger partial charge in [0, 0.05) is 25.9 Å². The smallest absolute Gasteiger partial charge is 0.396 e. The molecule has 2 aromatic carbocycles. The molecule has 1 N–H and O–H groups in total. The maximum absolute atomic E-state index is 13.6. The number of alkyl halides is 3. The molecular formula is C21H22F3NO3. The van der Waals surface area contributed by atoms with Crippen LogP contribution in [0.2, 0.25) is 0 Å². The molecule has 0 saturated heterocycles. The number of carboxylic acids is 1. The van der Waals surface area contributed by atoms with Gasteiger partial charge in [-0.2, -0.15) is 13.2 Å². The summed E-state index contributed by atoms with van der Waals surface area (Å²) in [6.45, 7) is 0.220. The summed E-state index contributed by atoms with van der Waals surface area (Å²) in [7, 11) is 0. The number of amides is 1. The maximum Gasteiger partial charge on any atom is 0.396 e. The summed E-state index contributed by atoms with van der Waals surface area (Å²) < 4.78 is 40.7. The summed E-state index contributed by atoms with van der Waals surface area (Å²) in [6.07, 6.45) is -5.25. The maximum atomic E-state index is 13.6. The highest BCUT2D eigenvalue weighted by Crippen LogP contribution is 2.37. The summed E-state index contributed by atoms with van der Waals surface area (Å²) >= 11 is 0. The zero-order valence-electron chi connectivity index (χ0n) is 15.2. The van der Waals surface area contributed by atoms with Gasteiger partial charge < -0.3 is 10.0 Å². The molecule has 1 amide bonds. The number of hydrogen-bond acceptors (Lipinski definition) is 2. The van der Waals surface area contributed by atoms with Gasteiger partial charge in [-0.3, -0.25) is 9.59 Å². The summed E-state index contributed by atoms with van der Waals surface area (Å²) in [5.74, 6) is -3.57. The first-order chi connectivity index (χ1) is 13.3. The van der Waals surface area contributed by atoms with Gasteiger partial charge in [0.15, 0.2) is 0 Å². The molecule has 0 aliphatic carbocycles. The van der Waals surface area contributed by atoms with Gasteiger partial charge in [0.05, 0.1) is 5.92 Å². The molecule has 2 rings (SSSR count). The number of benzene rings is 2. The van der Waals surface area contributed by atoms with Gasteiger partial charge in [-0.1, -0.05) is 60.7 Å². The lowest BCUT2D eigenvalue weighted by Gasteiger charge is -2.26. The van der Waals surface area contributed by atoms with E-state index in [1.165, 1.54) is 29.2 Å². The summed E-state index contributed by atoms with van der Waals surface area (Å²) in [6, 6.07) is 16.2. The van der Waals surface area contributed by atoms with Crippen molar-refractivity contribution in [2.24, 2.45) is 0 Å². The SMILES string of the molecule is O=C(O)CCCN(Cc1ccccc1)C(=O)CC(c1ccccc1)C(F)(F)F. The number of carbonyl (C=O) groups is 2. The van der Waals surface area contributed by atoms with E-state index in [-0.39, 0.29) is 31.5 Å². The van der Waals surface area contributed by atoms with Crippen LogP contribution in [0.15, 0.2) is 60.7 Å². The second-order valence-corrected chi connectivity index (χ2v) is 6.51. The Bertz CT molecular complexity index is 763. The Morgan fingerprint density at radius 1 is 0.964 bits per heavy atom. The lowest BCUT2D eigenvalue weighted by molar-refractivity contribution is -0.161. The van der Waals surface area contributed by atoms with Crippen molar-refractivity contribution in [3.63, 3.8) is 0 Å². The predicted octanol–water partition coefficient (Wildman–Crippen LogP) is 4.62. The third kappa shape index (κ3) is 6.72. The van der Waals surface area contributed by atoms with Crippen molar-refractivity contribution in [1.29, 1.82) is 0 Å². The zero-order chi connectivity index (χ0) is 20.6. The quantitative estimate of drug-likeness (QED) is 0.677. The molecule has 0 aromatic heterocycles.